The van der Waals surface area contributed by atoms with Crippen molar-refractivity contribution < 1.29 is 13.2 Å². The molecule has 0 saturated carbocycles. The number of para-hydroxylation sites is 2. The van der Waals surface area contributed by atoms with E-state index in [1.54, 1.807) is 53.3 Å². The van der Waals surface area contributed by atoms with Gasteiger partial charge in [0, 0.05) is 18.9 Å². The van der Waals surface area contributed by atoms with Crippen LogP contribution >= 0.6 is 0 Å². The van der Waals surface area contributed by atoms with E-state index in [4.69, 9.17) is 0 Å². The highest BCUT2D eigenvalue weighted by molar-refractivity contribution is 7.92. The first-order chi connectivity index (χ1) is 13.5. The van der Waals surface area contributed by atoms with Crippen molar-refractivity contribution in [2.45, 2.75) is 0 Å². The van der Waals surface area contributed by atoms with Gasteiger partial charge in [0.25, 0.3) is 5.91 Å². The first-order valence-electron chi connectivity index (χ1n) is 8.44. The molecule has 0 aliphatic heterocycles. The molecule has 0 atom stereocenters. The summed E-state index contributed by atoms with van der Waals surface area (Å²) in [5.74, 6) is -0.751. The molecule has 0 aliphatic rings. The third-order valence-corrected chi connectivity index (χ3v) is 5.30. The maximum Gasteiger partial charge on any atom is 0.271 e. The lowest BCUT2D eigenvalue weighted by atomic mass is 10.3. The van der Waals surface area contributed by atoms with Gasteiger partial charge in [-0.3, -0.25) is 14.5 Å². The third kappa shape index (κ3) is 3.91. The number of anilines is 1. The number of hydrogen-bond acceptors (Lipinski definition) is 6. The topological polar surface area (TPSA) is 118 Å². The molecule has 1 amide bonds. The van der Waals surface area contributed by atoms with Crippen LogP contribution in [0.1, 0.15) is 10.5 Å². The fraction of sp³-hybridized carbons (Fsp3) is 0.111. The number of rotatable bonds is 6. The molecule has 3 aromatic heterocycles. The van der Waals surface area contributed by atoms with Crippen LogP contribution in [-0.4, -0.2) is 46.2 Å². The second kappa shape index (κ2) is 7.24. The predicted molar refractivity (Wildman–Crippen MR) is 104 cm³/mol. The summed E-state index contributed by atoms with van der Waals surface area (Å²) in [6.07, 6.45) is 4.65. The maximum atomic E-state index is 12.3. The van der Waals surface area contributed by atoms with E-state index in [0.29, 0.717) is 16.7 Å². The number of pyridine rings is 1. The van der Waals surface area contributed by atoms with Crippen LogP contribution in [0.3, 0.4) is 0 Å². The molecule has 10 heteroatoms. The average molecular weight is 396 g/mol. The minimum Gasteiger partial charge on any atom is -0.350 e. The number of amides is 1. The summed E-state index contributed by atoms with van der Waals surface area (Å²) in [5, 5.41) is 6.61. The number of fused-ring (bicyclic) bond motifs is 2. The Hall–Kier alpha value is -3.53. The molecule has 142 valence electrons. The van der Waals surface area contributed by atoms with E-state index in [9.17, 15) is 13.2 Å². The van der Waals surface area contributed by atoms with Gasteiger partial charge in [-0.2, -0.15) is 5.10 Å². The van der Waals surface area contributed by atoms with Gasteiger partial charge in [-0.15, -0.1) is 0 Å². The molecule has 0 bridgehead atoms. The van der Waals surface area contributed by atoms with Gasteiger partial charge in [-0.05, 0) is 30.3 Å². The Labute approximate surface area is 160 Å². The lowest BCUT2D eigenvalue weighted by Gasteiger charge is -2.09. The number of carbonyl (C=O) groups excluding carboxylic acids is 1. The number of benzene rings is 1. The summed E-state index contributed by atoms with van der Waals surface area (Å²) in [4.78, 5) is 20.6. The summed E-state index contributed by atoms with van der Waals surface area (Å²) in [7, 11) is -3.63. The van der Waals surface area contributed by atoms with Crippen LogP contribution in [-0.2, 0) is 10.0 Å². The van der Waals surface area contributed by atoms with Crippen LogP contribution in [0.4, 0.5) is 5.69 Å². The van der Waals surface area contributed by atoms with Crippen molar-refractivity contribution in [3.05, 3.63) is 66.7 Å². The molecule has 0 unspecified atom stereocenters. The highest BCUT2D eigenvalue weighted by atomic mass is 32.2. The zero-order chi connectivity index (χ0) is 19.6. The highest BCUT2D eigenvalue weighted by Crippen LogP contribution is 2.13. The van der Waals surface area contributed by atoms with Gasteiger partial charge in [0.1, 0.15) is 5.69 Å². The molecular weight excluding hydrogens is 380 g/mol. The lowest BCUT2D eigenvalue weighted by Crippen LogP contribution is -2.31. The molecule has 0 radical (unpaired) electrons. The smallest absolute Gasteiger partial charge is 0.271 e. The molecule has 9 nitrogen and oxygen atoms in total. The van der Waals surface area contributed by atoms with Gasteiger partial charge in [-0.25, -0.2) is 17.9 Å². The summed E-state index contributed by atoms with van der Waals surface area (Å²) >= 11 is 0. The summed E-state index contributed by atoms with van der Waals surface area (Å²) in [6, 6.07) is 12.2. The molecule has 0 saturated heterocycles. The van der Waals surface area contributed by atoms with Crippen molar-refractivity contribution in [1.82, 2.24) is 24.9 Å². The van der Waals surface area contributed by atoms with E-state index in [-0.39, 0.29) is 18.0 Å². The molecular formula is C18H16N6O3S. The van der Waals surface area contributed by atoms with Crippen molar-refractivity contribution in [3.8, 4) is 0 Å². The Kier molecular flexibility index (Phi) is 4.62. The van der Waals surface area contributed by atoms with Crippen molar-refractivity contribution in [2.75, 3.05) is 17.0 Å². The zero-order valence-corrected chi connectivity index (χ0v) is 15.4. The molecule has 2 N–H and O–H groups in total. The van der Waals surface area contributed by atoms with Crippen molar-refractivity contribution in [3.63, 3.8) is 0 Å². The van der Waals surface area contributed by atoms with E-state index in [2.05, 4.69) is 25.1 Å². The third-order valence-electron chi connectivity index (χ3n) is 4.01. The van der Waals surface area contributed by atoms with E-state index < -0.39 is 15.9 Å². The summed E-state index contributed by atoms with van der Waals surface area (Å²) in [5.41, 5.74) is 2.61. The van der Waals surface area contributed by atoms with Crippen molar-refractivity contribution in [2.24, 2.45) is 0 Å². The second-order valence-electron chi connectivity index (χ2n) is 6.04. The van der Waals surface area contributed by atoms with Crippen LogP contribution in [0.15, 0.2) is 61.1 Å². The Morgan fingerprint density at radius 2 is 1.93 bits per heavy atom. The molecule has 3 heterocycles. The fourth-order valence-electron chi connectivity index (χ4n) is 2.67. The Bertz CT molecular complexity index is 1270. The largest absolute Gasteiger partial charge is 0.350 e. The number of carbonyl (C=O) groups is 1. The van der Waals surface area contributed by atoms with E-state index in [0.717, 1.165) is 5.52 Å². The highest BCUT2D eigenvalue weighted by Gasteiger charge is 2.14. The summed E-state index contributed by atoms with van der Waals surface area (Å²) in [6.45, 7) is -0.0579. The second-order valence-corrected chi connectivity index (χ2v) is 7.88. The molecule has 4 rings (SSSR count). The van der Waals surface area contributed by atoms with E-state index >= 15 is 0 Å². The van der Waals surface area contributed by atoms with Gasteiger partial charge in [0.15, 0.2) is 0 Å². The van der Waals surface area contributed by atoms with E-state index in [1.165, 1.54) is 6.20 Å². The minimum atomic E-state index is -3.63. The van der Waals surface area contributed by atoms with Crippen molar-refractivity contribution >= 4 is 38.2 Å². The average Bonchev–Trinajstić information content (AvgIpc) is 3.15. The molecule has 0 spiro atoms. The predicted octanol–water partition coefficient (Wildman–Crippen LogP) is 1.45. The number of nitrogens with one attached hydrogen (secondary N) is 2. The lowest BCUT2D eigenvalue weighted by molar-refractivity contribution is 0.0951. The van der Waals surface area contributed by atoms with Gasteiger partial charge in [-0.1, -0.05) is 12.1 Å². The maximum absolute atomic E-state index is 12.3. The number of nitrogens with zero attached hydrogens (tertiary/aromatic N) is 4. The SMILES string of the molecule is O=C(NCCS(=O)(=O)Nc1ccn2nccc2c1)c1cnc2ccccc2n1. The Morgan fingerprint density at radius 3 is 2.79 bits per heavy atom. The fourth-order valence-corrected chi connectivity index (χ4v) is 3.63. The first-order valence-corrected chi connectivity index (χ1v) is 10.1. The summed E-state index contributed by atoms with van der Waals surface area (Å²) < 4.78 is 28.6. The zero-order valence-electron chi connectivity index (χ0n) is 14.6. The van der Waals surface area contributed by atoms with Gasteiger partial charge < -0.3 is 5.32 Å². The monoisotopic (exact) mass is 396 g/mol. The quantitative estimate of drug-likeness (QED) is 0.509. The number of sulfonamides is 1. The van der Waals surface area contributed by atoms with Crippen molar-refractivity contribution in [1.29, 1.82) is 0 Å². The molecule has 0 fully saturated rings. The van der Waals surface area contributed by atoms with Crippen LogP contribution in [0.5, 0.6) is 0 Å². The van der Waals surface area contributed by atoms with E-state index in [1.807, 2.05) is 6.07 Å². The van der Waals surface area contributed by atoms with Gasteiger partial charge >= 0.3 is 0 Å². The molecule has 4 aromatic rings. The van der Waals surface area contributed by atoms with Crippen LogP contribution in [0.2, 0.25) is 0 Å². The van der Waals surface area contributed by atoms with Crippen LogP contribution < -0.4 is 10.0 Å². The minimum absolute atomic E-state index is 0.0579. The Balaban J connectivity index is 1.36. The first kappa shape index (κ1) is 17.9. The normalized spacial score (nSPS) is 11.6. The number of hydrogen-bond donors (Lipinski definition) is 2. The van der Waals surface area contributed by atoms with Crippen LogP contribution in [0.25, 0.3) is 16.6 Å². The molecule has 28 heavy (non-hydrogen) atoms. The number of aromatic nitrogens is 4. The van der Waals surface area contributed by atoms with Gasteiger partial charge in [0.05, 0.1) is 34.2 Å². The molecule has 1 aromatic carbocycles. The standard InChI is InChI=1S/C18H16N6O3S/c25-18(17-12-20-15-3-1-2-4-16(15)22-17)19-8-10-28(26,27)23-13-6-9-24-14(11-13)5-7-21-24/h1-7,9,11-12,23H,8,10H2,(H,19,25). The molecule has 0 aliphatic carbocycles. The van der Waals surface area contributed by atoms with Crippen LogP contribution in [0, 0.1) is 0 Å². The van der Waals surface area contributed by atoms with Gasteiger partial charge in [0.2, 0.25) is 10.0 Å². The Morgan fingerprint density at radius 1 is 1.11 bits per heavy atom.